The molecule has 0 spiro atoms. The van der Waals surface area contributed by atoms with E-state index in [4.69, 9.17) is 9.15 Å². The Labute approximate surface area is 139 Å². The van der Waals surface area contributed by atoms with Crippen LogP contribution in [0, 0.1) is 10.1 Å². The van der Waals surface area contributed by atoms with Gasteiger partial charge in [0.05, 0.1) is 4.92 Å². The van der Waals surface area contributed by atoms with Crippen LogP contribution in [0.15, 0.2) is 46.2 Å². The summed E-state index contributed by atoms with van der Waals surface area (Å²) >= 11 is 1.28. The molecule has 3 rings (SSSR count). The minimum Gasteiger partial charge on any atom is -0.448 e. The predicted octanol–water partition coefficient (Wildman–Crippen LogP) is 3.62. The van der Waals surface area contributed by atoms with Crippen LogP contribution in [0.2, 0.25) is 0 Å². The summed E-state index contributed by atoms with van der Waals surface area (Å²) in [6, 6.07) is 9.13. The number of nitro groups is 1. The lowest BCUT2D eigenvalue weighted by Gasteiger charge is -2.07. The zero-order valence-electron chi connectivity index (χ0n) is 12.4. The van der Waals surface area contributed by atoms with Crippen LogP contribution in [-0.2, 0) is 4.74 Å². The summed E-state index contributed by atoms with van der Waals surface area (Å²) in [5.74, 6) is -0.125. The van der Waals surface area contributed by atoms with Gasteiger partial charge in [-0.15, -0.1) is 21.5 Å². The van der Waals surface area contributed by atoms with Gasteiger partial charge in [-0.2, -0.15) is 0 Å². The first kappa shape index (κ1) is 15.8. The van der Waals surface area contributed by atoms with Crippen molar-refractivity contribution in [3.05, 3.63) is 62.7 Å². The fourth-order valence-electron chi connectivity index (χ4n) is 1.90. The molecule has 0 saturated carbocycles. The SMILES string of the molecule is C[C@@H](OC(=O)c1cccs1)c1nnc(-c2ccc([N+](=O)[O-])cc2)o1. The van der Waals surface area contributed by atoms with Crippen molar-refractivity contribution in [2.24, 2.45) is 0 Å². The summed E-state index contributed by atoms with van der Waals surface area (Å²) in [6.07, 6.45) is -0.709. The Morgan fingerprint density at radius 3 is 2.67 bits per heavy atom. The number of benzene rings is 1. The third kappa shape index (κ3) is 3.30. The Morgan fingerprint density at radius 1 is 1.29 bits per heavy atom. The van der Waals surface area contributed by atoms with Gasteiger partial charge in [-0.1, -0.05) is 6.07 Å². The minimum atomic E-state index is -0.709. The number of nitro benzene ring substituents is 1. The number of nitrogens with zero attached hydrogens (tertiary/aromatic N) is 3. The normalized spacial score (nSPS) is 11.9. The number of carbonyl (C=O) groups excluding carboxylic acids is 1. The van der Waals surface area contributed by atoms with E-state index >= 15 is 0 Å². The third-order valence-corrected chi connectivity index (χ3v) is 3.97. The van der Waals surface area contributed by atoms with Crippen molar-refractivity contribution in [3.63, 3.8) is 0 Å². The van der Waals surface area contributed by atoms with Crippen molar-refractivity contribution in [1.29, 1.82) is 0 Å². The Balaban J connectivity index is 1.72. The van der Waals surface area contributed by atoms with E-state index in [1.54, 1.807) is 24.4 Å². The highest BCUT2D eigenvalue weighted by Crippen LogP contribution is 2.25. The molecule has 24 heavy (non-hydrogen) atoms. The molecule has 2 heterocycles. The van der Waals surface area contributed by atoms with E-state index in [2.05, 4.69) is 10.2 Å². The summed E-state index contributed by atoms with van der Waals surface area (Å²) in [7, 11) is 0. The lowest BCUT2D eigenvalue weighted by atomic mass is 10.2. The van der Waals surface area contributed by atoms with Crippen molar-refractivity contribution >= 4 is 23.0 Å². The highest BCUT2D eigenvalue weighted by atomic mass is 32.1. The minimum absolute atomic E-state index is 0.0308. The van der Waals surface area contributed by atoms with Crippen LogP contribution >= 0.6 is 11.3 Å². The molecule has 0 aliphatic carbocycles. The average Bonchev–Trinajstić information content (AvgIpc) is 3.26. The zero-order chi connectivity index (χ0) is 17.1. The van der Waals surface area contributed by atoms with Gasteiger partial charge in [-0.05, 0) is 30.5 Å². The van der Waals surface area contributed by atoms with E-state index in [-0.39, 0.29) is 17.5 Å². The first-order chi connectivity index (χ1) is 11.5. The number of esters is 1. The molecule has 0 unspecified atom stereocenters. The maximum Gasteiger partial charge on any atom is 0.349 e. The first-order valence-electron chi connectivity index (χ1n) is 6.87. The molecule has 122 valence electrons. The fourth-order valence-corrected chi connectivity index (χ4v) is 2.51. The first-order valence-corrected chi connectivity index (χ1v) is 7.75. The van der Waals surface area contributed by atoms with Gasteiger partial charge < -0.3 is 9.15 Å². The number of hydrogen-bond donors (Lipinski definition) is 0. The number of hydrogen-bond acceptors (Lipinski definition) is 8. The third-order valence-electron chi connectivity index (χ3n) is 3.12. The van der Waals surface area contributed by atoms with E-state index in [9.17, 15) is 14.9 Å². The van der Waals surface area contributed by atoms with E-state index < -0.39 is 17.0 Å². The molecule has 3 aromatic rings. The maximum atomic E-state index is 11.9. The largest absolute Gasteiger partial charge is 0.448 e. The number of rotatable bonds is 5. The van der Waals surface area contributed by atoms with Crippen LogP contribution in [-0.4, -0.2) is 21.1 Å². The van der Waals surface area contributed by atoms with Gasteiger partial charge in [0.25, 0.3) is 11.6 Å². The summed E-state index contributed by atoms with van der Waals surface area (Å²) in [6.45, 7) is 1.62. The molecular formula is C15H11N3O5S. The molecule has 8 nitrogen and oxygen atoms in total. The molecule has 0 saturated heterocycles. The monoisotopic (exact) mass is 345 g/mol. The zero-order valence-corrected chi connectivity index (χ0v) is 13.2. The Hall–Kier alpha value is -3.07. The lowest BCUT2D eigenvalue weighted by molar-refractivity contribution is -0.384. The number of aromatic nitrogens is 2. The maximum absolute atomic E-state index is 11.9. The fraction of sp³-hybridized carbons (Fsp3) is 0.133. The van der Waals surface area contributed by atoms with E-state index in [0.717, 1.165) is 0 Å². The highest BCUT2D eigenvalue weighted by Gasteiger charge is 2.20. The Morgan fingerprint density at radius 2 is 2.04 bits per heavy atom. The molecule has 2 aromatic heterocycles. The second kappa shape index (κ2) is 6.59. The average molecular weight is 345 g/mol. The molecule has 0 N–H and O–H groups in total. The van der Waals surface area contributed by atoms with Crippen LogP contribution in [0.1, 0.15) is 28.6 Å². The quantitative estimate of drug-likeness (QED) is 0.394. The number of ether oxygens (including phenoxy) is 1. The van der Waals surface area contributed by atoms with Gasteiger partial charge in [0.15, 0.2) is 6.10 Å². The summed E-state index contributed by atoms with van der Waals surface area (Å²) < 4.78 is 10.8. The van der Waals surface area contributed by atoms with Crippen molar-refractivity contribution in [3.8, 4) is 11.5 Å². The van der Waals surface area contributed by atoms with Gasteiger partial charge in [0.2, 0.25) is 5.89 Å². The molecule has 0 fully saturated rings. The number of carbonyl (C=O) groups is 1. The number of thiophene rings is 1. The van der Waals surface area contributed by atoms with Crippen molar-refractivity contribution < 1.29 is 18.9 Å². The molecule has 1 aromatic carbocycles. The lowest BCUT2D eigenvalue weighted by Crippen LogP contribution is -2.08. The molecule has 0 aliphatic heterocycles. The van der Waals surface area contributed by atoms with E-state index in [0.29, 0.717) is 10.4 Å². The van der Waals surface area contributed by atoms with Crippen LogP contribution in [0.25, 0.3) is 11.5 Å². The molecule has 9 heteroatoms. The Kier molecular flexibility index (Phi) is 4.34. The van der Waals surface area contributed by atoms with Gasteiger partial charge in [0.1, 0.15) is 4.88 Å². The molecular weight excluding hydrogens is 334 g/mol. The van der Waals surface area contributed by atoms with Gasteiger partial charge in [-0.25, -0.2) is 4.79 Å². The standard InChI is InChI=1S/C15H11N3O5S/c1-9(22-15(19)12-3-2-8-24-12)13-16-17-14(23-13)10-4-6-11(7-5-10)18(20)21/h2-9H,1H3/t9-/m1/s1. The van der Waals surface area contributed by atoms with Crippen molar-refractivity contribution in [2.45, 2.75) is 13.0 Å². The molecule has 0 bridgehead atoms. The summed E-state index contributed by atoms with van der Waals surface area (Å²) in [5.41, 5.74) is 0.507. The van der Waals surface area contributed by atoms with Crippen LogP contribution in [0.3, 0.4) is 0 Å². The number of non-ortho nitro benzene ring substituents is 1. The van der Waals surface area contributed by atoms with E-state index in [1.165, 1.54) is 35.6 Å². The van der Waals surface area contributed by atoms with Gasteiger partial charge >= 0.3 is 5.97 Å². The van der Waals surface area contributed by atoms with Crippen LogP contribution in [0.5, 0.6) is 0 Å². The van der Waals surface area contributed by atoms with E-state index in [1.807, 2.05) is 0 Å². The van der Waals surface area contributed by atoms with Crippen molar-refractivity contribution in [2.75, 3.05) is 0 Å². The van der Waals surface area contributed by atoms with Crippen LogP contribution in [0.4, 0.5) is 5.69 Å². The van der Waals surface area contributed by atoms with Crippen LogP contribution < -0.4 is 0 Å². The summed E-state index contributed by atoms with van der Waals surface area (Å²) in [4.78, 5) is 22.5. The molecule has 0 aliphatic rings. The summed E-state index contributed by atoms with van der Waals surface area (Å²) in [5, 5.41) is 20.2. The van der Waals surface area contributed by atoms with Gasteiger partial charge in [-0.3, -0.25) is 10.1 Å². The second-order valence-corrected chi connectivity index (χ2v) is 5.72. The Bertz CT molecular complexity index is 858. The smallest absolute Gasteiger partial charge is 0.349 e. The van der Waals surface area contributed by atoms with Crippen molar-refractivity contribution in [1.82, 2.24) is 10.2 Å². The predicted molar refractivity (Wildman–Crippen MR) is 84.5 cm³/mol. The topological polar surface area (TPSA) is 108 Å². The van der Waals surface area contributed by atoms with Gasteiger partial charge in [0, 0.05) is 17.7 Å². The second-order valence-electron chi connectivity index (χ2n) is 4.77. The molecule has 1 atom stereocenters. The highest BCUT2D eigenvalue weighted by molar-refractivity contribution is 7.11. The molecule has 0 amide bonds. The molecule has 0 radical (unpaired) electrons.